The fourth-order valence-electron chi connectivity index (χ4n) is 1.77. The normalized spacial score (nSPS) is 13.1. The first kappa shape index (κ1) is 17.1. The first-order valence-corrected chi connectivity index (χ1v) is 7.45. The molecule has 0 aliphatic heterocycles. The quantitative estimate of drug-likeness (QED) is 0.623. The summed E-state index contributed by atoms with van der Waals surface area (Å²) in [5.74, 6) is -1.96. The number of benzene rings is 1. The van der Waals surface area contributed by atoms with E-state index in [1.807, 2.05) is 0 Å². The molecule has 0 aromatic heterocycles. The van der Waals surface area contributed by atoms with Crippen molar-refractivity contribution in [3.63, 3.8) is 0 Å². The second-order valence-corrected chi connectivity index (χ2v) is 6.75. The molecular formula is C12H16N2O6S. The van der Waals surface area contributed by atoms with Crippen molar-refractivity contribution < 1.29 is 23.2 Å². The van der Waals surface area contributed by atoms with E-state index in [0.717, 1.165) is 16.4 Å². The van der Waals surface area contributed by atoms with E-state index in [1.165, 1.54) is 27.0 Å². The zero-order chi connectivity index (χ0) is 16.4. The molecule has 0 bridgehead atoms. The lowest BCUT2D eigenvalue weighted by atomic mass is 10.2. The van der Waals surface area contributed by atoms with Crippen molar-refractivity contribution in [3.8, 4) is 0 Å². The number of carboxylic acid groups (broad SMARTS) is 1. The van der Waals surface area contributed by atoms with Crippen molar-refractivity contribution in [3.05, 3.63) is 33.9 Å². The van der Waals surface area contributed by atoms with Crippen LogP contribution in [0, 0.1) is 23.0 Å². The first-order valence-electron chi connectivity index (χ1n) is 6.01. The van der Waals surface area contributed by atoms with Gasteiger partial charge in [-0.1, -0.05) is 6.92 Å². The van der Waals surface area contributed by atoms with Crippen molar-refractivity contribution in [2.24, 2.45) is 5.92 Å². The maximum Gasteiger partial charge on any atom is 0.307 e. The molecule has 1 atom stereocenters. The lowest BCUT2D eigenvalue weighted by Crippen LogP contribution is -2.34. The maximum atomic E-state index is 12.4. The molecule has 116 valence electrons. The molecule has 1 aromatic rings. The lowest BCUT2D eigenvalue weighted by molar-refractivity contribution is -0.385. The number of nitro groups is 1. The number of hydrogen-bond acceptors (Lipinski definition) is 5. The summed E-state index contributed by atoms with van der Waals surface area (Å²) in [4.78, 5) is 20.7. The SMILES string of the molecule is Cc1cc([N+](=O)[O-])ccc1S(=O)(=O)N(C)CC(C)C(=O)O. The fraction of sp³-hybridized carbons (Fsp3) is 0.417. The molecule has 0 aliphatic carbocycles. The highest BCUT2D eigenvalue weighted by Crippen LogP contribution is 2.23. The number of nitro benzene ring substituents is 1. The third kappa shape index (κ3) is 3.76. The van der Waals surface area contributed by atoms with Gasteiger partial charge in [0.05, 0.1) is 15.7 Å². The van der Waals surface area contributed by atoms with E-state index in [2.05, 4.69) is 0 Å². The van der Waals surface area contributed by atoms with Crippen LogP contribution in [0.5, 0.6) is 0 Å². The molecule has 1 rings (SSSR count). The minimum atomic E-state index is -3.89. The molecule has 0 fully saturated rings. The summed E-state index contributed by atoms with van der Waals surface area (Å²) in [6.07, 6.45) is 0. The van der Waals surface area contributed by atoms with Crippen LogP contribution in [0.3, 0.4) is 0 Å². The molecular weight excluding hydrogens is 300 g/mol. The molecule has 21 heavy (non-hydrogen) atoms. The summed E-state index contributed by atoms with van der Waals surface area (Å²) in [6.45, 7) is 2.67. The maximum absolute atomic E-state index is 12.4. The number of sulfonamides is 1. The summed E-state index contributed by atoms with van der Waals surface area (Å²) in [7, 11) is -2.62. The van der Waals surface area contributed by atoms with Crippen molar-refractivity contribution in [2.45, 2.75) is 18.7 Å². The Balaban J connectivity index is 3.13. The molecule has 0 amide bonds. The van der Waals surface area contributed by atoms with Gasteiger partial charge in [-0.05, 0) is 18.6 Å². The van der Waals surface area contributed by atoms with E-state index in [1.54, 1.807) is 0 Å². The van der Waals surface area contributed by atoms with Crippen LogP contribution in [0.2, 0.25) is 0 Å². The highest BCUT2D eigenvalue weighted by molar-refractivity contribution is 7.89. The van der Waals surface area contributed by atoms with Gasteiger partial charge in [0.2, 0.25) is 10.0 Å². The highest BCUT2D eigenvalue weighted by Gasteiger charge is 2.27. The third-order valence-electron chi connectivity index (χ3n) is 3.01. The number of aryl methyl sites for hydroxylation is 1. The average Bonchev–Trinajstić information content (AvgIpc) is 2.37. The molecule has 1 N–H and O–H groups in total. The standard InChI is InChI=1S/C12H16N2O6S/c1-8-6-10(14(17)18)4-5-11(8)21(19,20)13(3)7-9(2)12(15)16/h4-6,9H,7H2,1-3H3,(H,15,16). The Labute approximate surface area is 122 Å². The van der Waals surface area contributed by atoms with E-state index >= 15 is 0 Å². The Kier molecular flexibility index (Phi) is 5.02. The van der Waals surface area contributed by atoms with Gasteiger partial charge in [0.1, 0.15) is 0 Å². The van der Waals surface area contributed by atoms with Gasteiger partial charge < -0.3 is 5.11 Å². The second-order valence-electron chi connectivity index (χ2n) is 4.73. The van der Waals surface area contributed by atoms with Crippen molar-refractivity contribution >= 4 is 21.7 Å². The van der Waals surface area contributed by atoms with E-state index < -0.39 is 26.8 Å². The predicted molar refractivity (Wildman–Crippen MR) is 74.4 cm³/mol. The minimum absolute atomic E-state index is 0.0758. The highest BCUT2D eigenvalue weighted by atomic mass is 32.2. The molecule has 0 spiro atoms. The first-order chi connectivity index (χ1) is 9.57. The van der Waals surface area contributed by atoms with Crippen molar-refractivity contribution in [2.75, 3.05) is 13.6 Å². The molecule has 1 aromatic carbocycles. The number of carboxylic acids is 1. The summed E-state index contributed by atoms with van der Waals surface area (Å²) in [5, 5.41) is 19.5. The molecule has 0 heterocycles. The summed E-state index contributed by atoms with van der Waals surface area (Å²) in [5.41, 5.74) is 0.0343. The Morgan fingerprint density at radius 2 is 2.05 bits per heavy atom. The zero-order valence-corrected chi connectivity index (χ0v) is 12.6. The molecule has 8 nitrogen and oxygen atoms in total. The van der Waals surface area contributed by atoms with Crippen LogP contribution in [-0.4, -0.2) is 42.3 Å². The van der Waals surface area contributed by atoms with Gasteiger partial charge >= 0.3 is 5.97 Å². The van der Waals surface area contributed by atoms with Gasteiger partial charge in [-0.3, -0.25) is 14.9 Å². The van der Waals surface area contributed by atoms with Crippen LogP contribution in [0.4, 0.5) is 5.69 Å². The third-order valence-corrected chi connectivity index (χ3v) is 4.99. The number of nitrogens with zero attached hydrogens (tertiary/aromatic N) is 2. The lowest BCUT2D eigenvalue weighted by Gasteiger charge is -2.20. The van der Waals surface area contributed by atoms with Crippen molar-refractivity contribution in [1.29, 1.82) is 0 Å². The van der Waals surface area contributed by atoms with Crippen LogP contribution in [-0.2, 0) is 14.8 Å². The number of rotatable bonds is 6. The zero-order valence-electron chi connectivity index (χ0n) is 11.8. The largest absolute Gasteiger partial charge is 0.481 e. The van der Waals surface area contributed by atoms with Crippen molar-refractivity contribution in [1.82, 2.24) is 4.31 Å². The summed E-state index contributed by atoms with van der Waals surface area (Å²) >= 11 is 0. The van der Waals surface area contributed by atoms with Gasteiger partial charge in [0.25, 0.3) is 5.69 Å². The Bertz CT molecular complexity index is 670. The topological polar surface area (TPSA) is 118 Å². The van der Waals surface area contributed by atoms with E-state index in [4.69, 9.17) is 5.11 Å². The molecule has 1 unspecified atom stereocenters. The molecule has 0 saturated heterocycles. The Hall–Kier alpha value is -2.00. The molecule has 9 heteroatoms. The summed E-state index contributed by atoms with van der Waals surface area (Å²) < 4.78 is 25.6. The average molecular weight is 316 g/mol. The smallest absolute Gasteiger partial charge is 0.307 e. The fourth-order valence-corrected chi connectivity index (χ4v) is 3.23. The summed E-state index contributed by atoms with van der Waals surface area (Å²) in [6, 6.07) is 3.43. The number of aliphatic carboxylic acids is 1. The van der Waals surface area contributed by atoms with Gasteiger partial charge in [-0.2, -0.15) is 0 Å². The minimum Gasteiger partial charge on any atom is -0.481 e. The predicted octanol–water partition coefficient (Wildman–Crippen LogP) is 1.24. The van der Waals surface area contributed by atoms with E-state index in [9.17, 15) is 23.3 Å². The van der Waals surface area contributed by atoms with Gasteiger partial charge in [-0.25, -0.2) is 12.7 Å². The van der Waals surface area contributed by atoms with E-state index in [0.29, 0.717) is 0 Å². The van der Waals surface area contributed by atoms with E-state index in [-0.39, 0.29) is 22.7 Å². The van der Waals surface area contributed by atoms with Gasteiger partial charge in [-0.15, -0.1) is 0 Å². The van der Waals surface area contributed by atoms with Crippen LogP contribution >= 0.6 is 0 Å². The van der Waals surface area contributed by atoms with Crippen LogP contribution in [0.25, 0.3) is 0 Å². The molecule has 0 saturated carbocycles. The Morgan fingerprint density at radius 3 is 2.48 bits per heavy atom. The van der Waals surface area contributed by atoms with Gasteiger partial charge in [0.15, 0.2) is 0 Å². The monoisotopic (exact) mass is 316 g/mol. The molecule has 0 radical (unpaired) electrons. The van der Waals surface area contributed by atoms with Crippen LogP contribution in [0.15, 0.2) is 23.1 Å². The van der Waals surface area contributed by atoms with Crippen LogP contribution < -0.4 is 0 Å². The van der Waals surface area contributed by atoms with Crippen LogP contribution in [0.1, 0.15) is 12.5 Å². The number of carbonyl (C=O) groups is 1. The van der Waals surface area contributed by atoms with Gasteiger partial charge in [0, 0.05) is 25.7 Å². The Morgan fingerprint density at radius 1 is 1.48 bits per heavy atom. The number of hydrogen-bond donors (Lipinski definition) is 1. The number of non-ortho nitro benzene ring substituents is 1. The molecule has 0 aliphatic rings. The second kappa shape index (κ2) is 6.19.